The van der Waals surface area contributed by atoms with E-state index in [1.165, 1.54) is 6.20 Å². The van der Waals surface area contributed by atoms with Crippen LogP contribution in [0, 0.1) is 0 Å². The summed E-state index contributed by atoms with van der Waals surface area (Å²) in [7, 11) is 0. The lowest BCUT2D eigenvalue weighted by Gasteiger charge is -2.19. The summed E-state index contributed by atoms with van der Waals surface area (Å²) in [5.41, 5.74) is 7.78. The Hall–Kier alpha value is -4.47. The van der Waals surface area contributed by atoms with Crippen LogP contribution in [-0.2, 0) is 11.3 Å². The lowest BCUT2D eigenvalue weighted by Crippen LogP contribution is -2.34. The second kappa shape index (κ2) is 12.5. The van der Waals surface area contributed by atoms with Crippen molar-refractivity contribution >= 4 is 23.7 Å². The maximum atomic E-state index is 12.7. The molecule has 5 N–H and O–H groups in total. The summed E-state index contributed by atoms with van der Waals surface area (Å²) in [5, 5.41) is 8.25. The largest absolute Gasteiger partial charge is 0.444 e. The van der Waals surface area contributed by atoms with Gasteiger partial charge in [0, 0.05) is 30.8 Å². The number of rotatable bonds is 9. The normalized spacial score (nSPS) is 10.9. The molecule has 0 saturated carbocycles. The number of nitrogen functional groups attached to an aromatic ring is 1. The van der Waals surface area contributed by atoms with E-state index in [0.29, 0.717) is 36.3 Å². The summed E-state index contributed by atoms with van der Waals surface area (Å²) in [6.07, 6.45) is 1.42. The SMILES string of the molecule is CC(C)(C)OC(=O)NCCCNC(=O)c1nc(-c2cccc(C(=O)NCc3ccccc3)c2)cnc1N. The molecule has 10 heteroatoms. The van der Waals surface area contributed by atoms with Crippen molar-refractivity contribution in [1.29, 1.82) is 0 Å². The molecule has 10 nitrogen and oxygen atoms in total. The molecule has 0 aliphatic carbocycles. The molecule has 1 aromatic heterocycles. The van der Waals surface area contributed by atoms with Crippen LogP contribution in [0.4, 0.5) is 10.6 Å². The Kier molecular flexibility index (Phi) is 9.15. The molecular formula is C27H32N6O4. The number of carbonyl (C=O) groups excluding carboxylic acids is 3. The van der Waals surface area contributed by atoms with E-state index >= 15 is 0 Å². The van der Waals surface area contributed by atoms with Crippen molar-refractivity contribution < 1.29 is 19.1 Å². The Morgan fingerprint density at radius 1 is 0.919 bits per heavy atom. The molecule has 0 atom stereocenters. The van der Waals surface area contributed by atoms with Gasteiger partial charge >= 0.3 is 6.09 Å². The van der Waals surface area contributed by atoms with E-state index < -0.39 is 17.6 Å². The van der Waals surface area contributed by atoms with Gasteiger partial charge in [0.05, 0.1) is 11.9 Å². The van der Waals surface area contributed by atoms with Gasteiger partial charge in [-0.05, 0) is 44.9 Å². The minimum absolute atomic E-state index is 0.00936. The van der Waals surface area contributed by atoms with Gasteiger partial charge in [-0.15, -0.1) is 0 Å². The molecule has 2 aromatic carbocycles. The van der Waals surface area contributed by atoms with Crippen LogP contribution in [-0.4, -0.2) is 46.6 Å². The molecule has 194 valence electrons. The summed E-state index contributed by atoms with van der Waals surface area (Å²) in [6.45, 7) is 6.37. The third-order valence-electron chi connectivity index (χ3n) is 5.04. The topological polar surface area (TPSA) is 148 Å². The van der Waals surface area contributed by atoms with Gasteiger partial charge < -0.3 is 26.4 Å². The van der Waals surface area contributed by atoms with E-state index in [1.807, 2.05) is 30.3 Å². The quantitative estimate of drug-likeness (QED) is 0.327. The summed E-state index contributed by atoms with van der Waals surface area (Å²) in [6, 6.07) is 16.5. The van der Waals surface area contributed by atoms with Crippen LogP contribution < -0.4 is 21.7 Å². The van der Waals surface area contributed by atoms with Gasteiger partial charge in [0.1, 0.15) is 5.60 Å². The number of anilines is 1. The summed E-state index contributed by atoms with van der Waals surface area (Å²) < 4.78 is 5.17. The van der Waals surface area contributed by atoms with Gasteiger partial charge in [0.15, 0.2) is 11.5 Å². The van der Waals surface area contributed by atoms with Crippen LogP contribution in [0.5, 0.6) is 0 Å². The highest BCUT2D eigenvalue weighted by Gasteiger charge is 2.17. The number of nitrogens with two attached hydrogens (primary N) is 1. The minimum atomic E-state index is -0.578. The first kappa shape index (κ1) is 27.1. The number of alkyl carbamates (subject to hydrolysis) is 1. The maximum Gasteiger partial charge on any atom is 0.407 e. The van der Waals surface area contributed by atoms with Gasteiger partial charge in [-0.2, -0.15) is 0 Å². The van der Waals surface area contributed by atoms with Gasteiger partial charge in [0.25, 0.3) is 11.8 Å². The third-order valence-corrected chi connectivity index (χ3v) is 5.04. The molecule has 3 rings (SSSR count). The van der Waals surface area contributed by atoms with E-state index in [0.717, 1.165) is 5.56 Å². The number of aromatic nitrogens is 2. The molecule has 0 fully saturated rings. The molecule has 0 spiro atoms. The monoisotopic (exact) mass is 504 g/mol. The van der Waals surface area contributed by atoms with Crippen molar-refractivity contribution in [3.8, 4) is 11.3 Å². The first-order chi connectivity index (χ1) is 17.6. The lowest BCUT2D eigenvalue weighted by molar-refractivity contribution is 0.0527. The van der Waals surface area contributed by atoms with Crippen molar-refractivity contribution in [2.45, 2.75) is 39.3 Å². The standard InChI is InChI=1S/C27H32N6O4/c1-27(2,3)37-26(36)30-14-8-13-29-25(35)22-23(28)31-17-21(33-22)19-11-7-12-20(15-19)24(34)32-16-18-9-5-4-6-10-18/h4-7,9-12,15,17H,8,13-14,16H2,1-3H3,(H2,28,31)(H,29,35)(H,30,36)(H,32,34). The van der Waals surface area contributed by atoms with Gasteiger partial charge in [-0.3, -0.25) is 9.59 Å². The van der Waals surface area contributed by atoms with Gasteiger partial charge in [0.2, 0.25) is 0 Å². The molecule has 3 amide bonds. The molecule has 0 saturated heterocycles. The number of hydrogen-bond donors (Lipinski definition) is 4. The van der Waals surface area contributed by atoms with Crippen LogP contribution >= 0.6 is 0 Å². The zero-order chi connectivity index (χ0) is 26.8. The fourth-order valence-corrected chi connectivity index (χ4v) is 3.28. The number of amides is 3. The maximum absolute atomic E-state index is 12.7. The zero-order valence-corrected chi connectivity index (χ0v) is 21.2. The van der Waals surface area contributed by atoms with E-state index in [4.69, 9.17) is 10.5 Å². The molecule has 0 aliphatic rings. The Morgan fingerprint density at radius 2 is 1.65 bits per heavy atom. The molecule has 0 aliphatic heterocycles. The lowest BCUT2D eigenvalue weighted by atomic mass is 10.1. The molecular weight excluding hydrogens is 472 g/mol. The number of hydrogen-bond acceptors (Lipinski definition) is 7. The van der Waals surface area contributed by atoms with Crippen LogP contribution in [0.15, 0.2) is 60.8 Å². The minimum Gasteiger partial charge on any atom is -0.444 e. The predicted octanol–water partition coefficient (Wildman–Crippen LogP) is 3.30. The van der Waals surface area contributed by atoms with Crippen molar-refractivity contribution in [3.05, 3.63) is 77.6 Å². The highest BCUT2D eigenvalue weighted by molar-refractivity contribution is 5.97. The van der Waals surface area contributed by atoms with E-state index in [2.05, 4.69) is 25.9 Å². The van der Waals surface area contributed by atoms with Gasteiger partial charge in [-0.1, -0.05) is 42.5 Å². The molecule has 0 radical (unpaired) electrons. The molecule has 0 bridgehead atoms. The average Bonchev–Trinajstić information content (AvgIpc) is 2.87. The van der Waals surface area contributed by atoms with E-state index in [-0.39, 0.29) is 24.0 Å². The molecule has 37 heavy (non-hydrogen) atoms. The summed E-state index contributed by atoms with van der Waals surface area (Å²) >= 11 is 0. The Bertz CT molecular complexity index is 1240. The number of nitrogens with one attached hydrogen (secondary N) is 3. The second-order valence-electron chi connectivity index (χ2n) is 9.28. The van der Waals surface area contributed by atoms with Crippen molar-refractivity contribution in [1.82, 2.24) is 25.9 Å². The Morgan fingerprint density at radius 3 is 2.38 bits per heavy atom. The van der Waals surface area contributed by atoms with Crippen LogP contribution in [0.2, 0.25) is 0 Å². The smallest absolute Gasteiger partial charge is 0.407 e. The zero-order valence-electron chi connectivity index (χ0n) is 21.2. The number of benzene rings is 2. The van der Waals surface area contributed by atoms with Crippen LogP contribution in [0.3, 0.4) is 0 Å². The number of ether oxygens (including phenoxy) is 1. The predicted molar refractivity (Wildman–Crippen MR) is 141 cm³/mol. The fourth-order valence-electron chi connectivity index (χ4n) is 3.28. The summed E-state index contributed by atoms with van der Waals surface area (Å²) in [4.78, 5) is 45.5. The molecule has 3 aromatic rings. The van der Waals surface area contributed by atoms with E-state index in [1.54, 1.807) is 45.0 Å². The number of carbonyl (C=O) groups is 3. The van der Waals surface area contributed by atoms with Gasteiger partial charge in [-0.25, -0.2) is 14.8 Å². The number of nitrogens with zero attached hydrogens (tertiary/aromatic N) is 2. The first-order valence-corrected chi connectivity index (χ1v) is 11.9. The van der Waals surface area contributed by atoms with Crippen molar-refractivity contribution in [2.75, 3.05) is 18.8 Å². The third kappa shape index (κ3) is 8.60. The highest BCUT2D eigenvalue weighted by Crippen LogP contribution is 2.20. The second-order valence-corrected chi connectivity index (χ2v) is 9.28. The Labute approximate surface area is 216 Å². The van der Waals surface area contributed by atoms with Crippen molar-refractivity contribution in [3.63, 3.8) is 0 Å². The summed E-state index contributed by atoms with van der Waals surface area (Å²) in [5.74, 6) is -0.724. The molecule has 0 unspecified atom stereocenters. The van der Waals surface area contributed by atoms with Crippen LogP contribution in [0.25, 0.3) is 11.3 Å². The van der Waals surface area contributed by atoms with Crippen molar-refractivity contribution in [2.24, 2.45) is 0 Å². The van der Waals surface area contributed by atoms with E-state index in [9.17, 15) is 14.4 Å². The fraction of sp³-hybridized carbons (Fsp3) is 0.296. The average molecular weight is 505 g/mol. The molecule has 1 heterocycles. The highest BCUT2D eigenvalue weighted by atomic mass is 16.6. The Balaban J connectivity index is 1.58. The first-order valence-electron chi connectivity index (χ1n) is 11.9. The van der Waals surface area contributed by atoms with Crippen LogP contribution in [0.1, 0.15) is 53.6 Å².